The van der Waals surface area contributed by atoms with E-state index in [0.29, 0.717) is 6.10 Å². The van der Waals surface area contributed by atoms with Gasteiger partial charge in [-0.25, -0.2) is 4.39 Å². The first-order valence-corrected chi connectivity index (χ1v) is 7.95. The predicted octanol–water partition coefficient (Wildman–Crippen LogP) is 2.02. The Morgan fingerprint density at radius 1 is 1.22 bits per heavy atom. The molecule has 0 atom stereocenters. The largest absolute Gasteiger partial charge is 0.381 e. The number of amides is 2. The molecular formula is C17H23FN2O3. The highest BCUT2D eigenvalue weighted by Gasteiger charge is 2.22. The van der Waals surface area contributed by atoms with Gasteiger partial charge in [-0.15, -0.1) is 0 Å². The smallest absolute Gasteiger partial charge is 0.254 e. The van der Waals surface area contributed by atoms with Crippen LogP contribution in [0.4, 0.5) is 4.39 Å². The Kier molecular flexibility index (Phi) is 6.52. The van der Waals surface area contributed by atoms with E-state index in [2.05, 4.69) is 10.6 Å². The number of carbonyl (C=O) groups excluding carboxylic acids is 2. The van der Waals surface area contributed by atoms with E-state index < -0.39 is 11.7 Å². The van der Waals surface area contributed by atoms with Crippen molar-refractivity contribution in [2.24, 2.45) is 0 Å². The zero-order chi connectivity index (χ0) is 16.7. The van der Waals surface area contributed by atoms with Crippen molar-refractivity contribution >= 4 is 11.8 Å². The van der Waals surface area contributed by atoms with Gasteiger partial charge in [0.1, 0.15) is 5.82 Å². The first-order chi connectivity index (χ1) is 11.1. The van der Waals surface area contributed by atoms with E-state index in [0.717, 1.165) is 25.7 Å². The number of rotatable bonds is 6. The molecule has 1 aliphatic carbocycles. The topological polar surface area (TPSA) is 67.4 Å². The van der Waals surface area contributed by atoms with Crippen molar-refractivity contribution in [3.8, 4) is 0 Å². The van der Waals surface area contributed by atoms with Gasteiger partial charge in [0.2, 0.25) is 5.91 Å². The quantitative estimate of drug-likeness (QED) is 0.842. The van der Waals surface area contributed by atoms with Crippen LogP contribution in [0.2, 0.25) is 0 Å². The van der Waals surface area contributed by atoms with Crippen molar-refractivity contribution in [2.45, 2.75) is 44.2 Å². The third-order valence-corrected chi connectivity index (χ3v) is 4.13. The van der Waals surface area contributed by atoms with Gasteiger partial charge in [-0.3, -0.25) is 9.59 Å². The minimum Gasteiger partial charge on any atom is -0.381 e. The lowest BCUT2D eigenvalue weighted by Gasteiger charge is -2.28. The van der Waals surface area contributed by atoms with Gasteiger partial charge >= 0.3 is 0 Å². The SMILES string of the molecule is COC1CCC(NC(=O)CCNC(=O)c2ccccc2F)CC1. The summed E-state index contributed by atoms with van der Waals surface area (Å²) in [4.78, 5) is 23.7. The average Bonchev–Trinajstić information content (AvgIpc) is 2.56. The zero-order valence-electron chi connectivity index (χ0n) is 13.3. The van der Waals surface area contributed by atoms with Crippen LogP contribution in [0, 0.1) is 5.82 Å². The molecule has 0 spiro atoms. The van der Waals surface area contributed by atoms with Crippen LogP contribution < -0.4 is 10.6 Å². The number of carbonyl (C=O) groups is 2. The molecule has 2 amide bonds. The predicted molar refractivity (Wildman–Crippen MR) is 84.5 cm³/mol. The standard InChI is InChI=1S/C17H23FN2O3/c1-23-13-8-6-12(7-9-13)20-16(21)10-11-19-17(22)14-4-2-3-5-15(14)18/h2-5,12-13H,6-11H2,1H3,(H,19,22)(H,20,21). The molecule has 0 heterocycles. The second kappa shape index (κ2) is 8.62. The summed E-state index contributed by atoms with van der Waals surface area (Å²) in [5.74, 6) is -1.17. The normalized spacial score (nSPS) is 20.8. The van der Waals surface area contributed by atoms with E-state index in [1.165, 1.54) is 18.2 Å². The fourth-order valence-electron chi connectivity index (χ4n) is 2.77. The van der Waals surface area contributed by atoms with Gasteiger partial charge in [-0.1, -0.05) is 12.1 Å². The van der Waals surface area contributed by atoms with Gasteiger partial charge in [0, 0.05) is 26.1 Å². The first kappa shape index (κ1) is 17.4. The monoisotopic (exact) mass is 322 g/mol. The number of hydrogen-bond donors (Lipinski definition) is 2. The molecule has 23 heavy (non-hydrogen) atoms. The van der Waals surface area contributed by atoms with Crippen LogP contribution >= 0.6 is 0 Å². The summed E-state index contributed by atoms with van der Waals surface area (Å²) in [7, 11) is 1.71. The molecule has 0 radical (unpaired) electrons. The van der Waals surface area contributed by atoms with Gasteiger partial charge in [-0.2, -0.15) is 0 Å². The summed E-state index contributed by atoms with van der Waals surface area (Å²) in [6.07, 6.45) is 4.20. The van der Waals surface area contributed by atoms with E-state index >= 15 is 0 Å². The molecule has 0 unspecified atom stereocenters. The number of benzene rings is 1. The second-order valence-corrected chi connectivity index (χ2v) is 5.76. The van der Waals surface area contributed by atoms with E-state index in [4.69, 9.17) is 4.74 Å². The summed E-state index contributed by atoms with van der Waals surface area (Å²) in [5.41, 5.74) is -0.00852. The van der Waals surface area contributed by atoms with Crippen LogP contribution in [0.5, 0.6) is 0 Å². The molecule has 1 aliphatic rings. The first-order valence-electron chi connectivity index (χ1n) is 7.95. The van der Waals surface area contributed by atoms with Crippen molar-refractivity contribution in [1.82, 2.24) is 10.6 Å². The molecule has 1 aromatic rings. The number of nitrogens with one attached hydrogen (secondary N) is 2. The molecule has 5 nitrogen and oxygen atoms in total. The molecule has 6 heteroatoms. The van der Waals surface area contributed by atoms with Crippen molar-refractivity contribution in [3.63, 3.8) is 0 Å². The van der Waals surface area contributed by atoms with Crippen molar-refractivity contribution in [2.75, 3.05) is 13.7 Å². The van der Waals surface area contributed by atoms with Crippen molar-refractivity contribution < 1.29 is 18.7 Å². The summed E-state index contributed by atoms with van der Waals surface area (Å²) in [5, 5.41) is 5.53. The Labute approximate surface area is 135 Å². The number of halogens is 1. The fourth-order valence-corrected chi connectivity index (χ4v) is 2.77. The fraction of sp³-hybridized carbons (Fsp3) is 0.529. The van der Waals surface area contributed by atoms with Gasteiger partial charge < -0.3 is 15.4 Å². The van der Waals surface area contributed by atoms with Crippen LogP contribution in [0.15, 0.2) is 24.3 Å². The van der Waals surface area contributed by atoms with Gasteiger partial charge in [0.25, 0.3) is 5.91 Å². The minimum atomic E-state index is -0.565. The van der Waals surface area contributed by atoms with Crippen LogP contribution in [-0.4, -0.2) is 37.6 Å². The average molecular weight is 322 g/mol. The summed E-state index contributed by atoms with van der Waals surface area (Å²) < 4.78 is 18.7. The Morgan fingerprint density at radius 2 is 1.91 bits per heavy atom. The number of ether oxygens (including phenoxy) is 1. The Morgan fingerprint density at radius 3 is 2.57 bits per heavy atom. The third kappa shape index (κ3) is 5.32. The third-order valence-electron chi connectivity index (χ3n) is 4.13. The highest BCUT2D eigenvalue weighted by molar-refractivity contribution is 5.94. The molecule has 0 saturated heterocycles. The lowest BCUT2D eigenvalue weighted by Crippen LogP contribution is -2.40. The Bertz CT molecular complexity index is 542. The highest BCUT2D eigenvalue weighted by atomic mass is 19.1. The van der Waals surface area contributed by atoms with Crippen LogP contribution in [0.1, 0.15) is 42.5 Å². The maximum atomic E-state index is 13.4. The molecule has 126 valence electrons. The van der Waals surface area contributed by atoms with Gasteiger partial charge in [-0.05, 0) is 37.8 Å². The molecule has 2 N–H and O–H groups in total. The van der Waals surface area contributed by atoms with Crippen molar-refractivity contribution in [1.29, 1.82) is 0 Å². The molecule has 1 fully saturated rings. The molecule has 0 aliphatic heterocycles. The molecule has 0 aromatic heterocycles. The van der Waals surface area contributed by atoms with Crippen molar-refractivity contribution in [3.05, 3.63) is 35.6 Å². The lowest BCUT2D eigenvalue weighted by molar-refractivity contribution is -0.122. The molecule has 0 bridgehead atoms. The maximum absolute atomic E-state index is 13.4. The second-order valence-electron chi connectivity index (χ2n) is 5.76. The molecule has 1 aromatic carbocycles. The Balaban J connectivity index is 1.67. The van der Waals surface area contributed by atoms with E-state index in [-0.39, 0.29) is 30.5 Å². The molecular weight excluding hydrogens is 299 g/mol. The van der Waals surface area contributed by atoms with Gasteiger partial charge in [0.05, 0.1) is 11.7 Å². The van der Waals surface area contributed by atoms with Crippen LogP contribution in [0.3, 0.4) is 0 Å². The van der Waals surface area contributed by atoms with Crippen LogP contribution in [0.25, 0.3) is 0 Å². The number of hydrogen-bond acceptors (Lipinski definition) is 3. The van der Waals surface area contributed by atoms with E-state index in [1.807, 2.05) is 0 Å². The van der Waals surface area contributed by atoms with Crippen LogP contribution in [-0.2, 0) is 9.53 Å². The maximum Gasteiger partial charge on any atom is 0.254 e. The molecule has 2 rings (SSSR count). The highest BCUT2D eigenvalue weighted by Crippen LogP contribution is 2.20. The minimum absolute atomic E-state index is 0.00852. The Hall–Kier alpha value is -1.95. The summed E-state index contributed by atoms with van der Waals surface area (Å²) in [6.45, 7) is 0.187. The number of methoxy groups -OCH3 is 1. The lowest BCUT2D eigenvalue weighted by atomic mass is 9.93. The molecule has 1 saturated carbocycles. The summed E-state index contributed by atoms with van der Waals surface area (Å²) in [6, 6.07) is 5.95. The van der Waals surface area contributed by atoms with E-state index in [9.17, 15) is 14.0 Å². The van der Waals surface area contributed by atoms with Gasteiger partial charge in [0.15, 0.2) is 0 Å². The zero-order valence-corrected chi connectivity index (χ0v) is 13.3. The summed E-state index contributed by atoms with van der Waals surface area (Å²) >= 11 is 0. The van der Waals surface area contributed by atoms with E-state index in [1.54, 1.807) is 13.2 Å².